The highest BCUT2D eigenvalue weighted by Crippen LogP contribution is 2.36. The third-order valence-electron chi connectivity index (χ3n) is 5.46. The van der Waals surface area contributed by atoms with Crippen molar-refractivity contribution in [2.45, 2.75) is 63.5 Å². The van der Waals surface area contributed by atoms with Gasteiger partial charge >= 0.3 is 8.80 Å². The Labute approximate surface area is 137 Å². The van der Waals surface area contributed by atoms with E-state index in [2.05, 4.69) is 11.5 Å². The van der Waals surface area contributed by atoms with E-state index in [0.29, 0.717) is 5.92 Å². The molecule has 0 bridgehead atoms. The Bertz CT molecular complexity index is 346. The van der Waals surface area contributed by atoms with Crippen LogP contribution in [0.2, 0.25) is 0 Å². The van der Waals surface area contributed by atoms with E-state index in [0.717, 1.165) is 13.0 Å². The average Bonchev–Trinajstić information content (AvgIpc) is 2.84. The quantitative estimate of drug-likeness (QED) is 0.695. The summed E-state index contributed by atoms with van der Waals surface area (Å²) in [5.41, 5.74) is 1.51. The summed E-state index contributed by atoms with van der Waals surface area (Å²) in [6.45, 7) is 5.55. The van der Waals surface area contributed by atoms with E-state index >= 15 is 0 Å². The largest absolute Gasteiger partial charge is 0.523 e. The van der Waals surface area contributed by atoms with E-state index in [1.165, 1.54) is 57.1 Å². The Hall–Kier alpha value is -0.363. The molecule has 1 unspecified atom stereocenters. The molecule has 1 atom stereocenters. The maximum atomic E-state index is 5.81. The van der Waals surface area contributed by atoms with Gasteiger partial charge in [0, 0.05) is 33.6 Å². The molecule has 2 rings (SSSR count). The van der Waals surface area contributed by atoms with Gasteiger partial charge in [0.15, 0.2) is 0 Å². The van der Waals surface area contributed by atoms with Gasteiger partial charge in [-0.1, -0.05) is 38.7 Å². The summed E-state index contributed by atoms with van der Waals surface area (Å²) in [5.74, 6) is 0.631. The molecule has 1 saturated carbocycles. The summed E-state index contributed by atoms with van der Waals surface area (Å²) >= 11 is 0. The molecule has 0 N–H and O–H groups in total. The van der Waals surface area contributed by atoms with Crippen LogP contribution in [0.5, 0.6) is 0 Å². The van der Waals surface area contributed by atoms with Gasteiger partial charge in [-0.25, -0.2) is 0 Å². The third-order valence-corrected chi connectivity index (χ3v) is 8.58. The molecule has 22 heavy (non-hydrogen) atoms. The highest BCUT2D eigenvalue weighted by molar-refractivity contribution is 6.62. The molecular weight excluding hydrogens is 294 g/mol. The first-order valence-electron chi connectivity index (χ1n) is 8.79. The molecule has 0 aromatic heterocycles. The van der Waals surface area contributed by atoms with Crippen molar-refractivity contribution in [1.82, 2.24) is 4.90 Å². The number of hydrogen-bond acceptors (Lipinski definition) is 4. The van der Waals surface area contributed by atoms with Gasteiger partial charge in [0.1, 0.15) is 0 Å². The van der Waals surface area contributed by atoms with Gasteiger partial charge < -0.3 is 18.2 Å². The summed E-state index contributed by atoms with van der Waals surface area (Å²) < 4.78 is 17.4. The van der Waals surface area contributed by atoms with Crippen LogP contribution in [-0.4, -0.2) is 47.2 Å². The Morgan fingerprint density at radius 2 is 1.41 bits per heavy atom. The fraction of sp³-hybridized carbons (Fsp3) is 0.882. The van der Waals surface area contributed by atoms with Crippen LogP contribution in [-0.2, 0) is 13.3 Å². The SMILES string of the molecule is C=C(C1CCCCC1)N1CCCCCC1[Si](OC)(OC)OC. The third kappa shape index (κ3) is 3.75. The van der Waals surface area contributed by atoms with Gasteiger partial charge in [-0.05, 0) is 31.6 Å². The first-order chi connectivity index (χ1) is 10.7. The van der Waals surface area contributed by atoms with Crippen molar-refractivity contribution < 1.29 is 13.3 Å². The summed E-state index contributed by atoms with van der Waals surface area (Å²) in [6, 6.07) is 0. The Balaban J connectivity index is 2.21. The van der Waals surface area contributed by atoms with Crippen LogP contribution in [0.1, 0.15) is 57.8 Å². The van der Waals surface area contributed by atoms with Crippen LogP contribution in [0, 0.1) is 5.92 Å². The number of hydrogen-bond donors (Lipinski definition) is 0. The molecule has 1 heterocycles. The fourth-order valence-electron chi connectivity index (χ4n) is 4.15. The fourth-order valence-corrected chi connectivity index (χ4v) is 6.70. The van der Waals surface area contributed by atoms with Crippen LogP contribution in [0.25, 0.3) is 0 Å². The zero-order chi connectivity index (χ0) is 16.0. The van der Waals surface area contributed by atoms with E-state index in [9.17, 15) is 0 Å². The monoisotopic (exact) mass is 327 g/mol. The predicted molar refractivity (Wildman–Crippen MR) is 91.5 cm³/mol. The van der Waals surface area contributed by atoms with E-state index in [-0.39, 0.29) is 5.67 Å². The smallest absolute Gasteiger partial charge is 0.376 e. The normalized spacial score (nSPS) is 25.0. The Kier molecular flexibility index (Phi) is 6.93. The molecule has 1 aliphatic carbocycles. The second kappa shape index (κ2) is 8.48. The van der Waals surface area contributed by atoms with Gasteiger partial charge in [-0.2, -0.15) is 0 Å². The number of nitrogens with zero attached hydrogens (tertiary/aromatic N) is 1. The lowest BCUT2D eigenvalue weighted by Crippen LogP contribution is -2.61. The van der Waals surface area contributed by atoms with Gasteiger partial charge in [-0.15, -0.1) is 0 Å². The van der Waals surface area contributed by atoms with Gasteiger partial charge in [0.05, 0.1) is 5.67 Å². The average molecular weight is 328 g/mol. The second-order valence-electron chi connectivity index (χ2n) is 6.60. The topological polar surface area (TPSA) is 30.9 Å². The summed E-state index contributed by atoms with van der Waals surface area (Å²) in [5, 5.41) is 0. The second-order valence-corrected chi connectivity index (χ2v) is 9.70. The van der Waals surface area contributed by atoms with Crippen LogP contribution in [0.15, 0.2) is 12.3 Å². The lowest BCUT2D eigenvalue weighted by atomic mass is 9.86. The molecule has 0 aromatic carbocycles. The molecule has 0 aromatic rings. The van der Waals surface area contributed by atoms with Gasteiger partial charge in [0.25, 0.3) is 0 Å². The Morgan fingerprint density at radius 1 is 0.864 bits per heavy atom. The number of allylic oxidation sites excluding steroid dienone is 1. The van der Waals surface area contributed by atoms with Crippen molar-refractivity contribution in [3.05, 3.63) is 12.3 Å². The summed E-state index contributed by atoms with van der Waals surface area (Å²) in [7, 11) is 2.51. The minimum atomic E-state index is -2.67. The molecule has 128 valence electrons. The molecule has 2 fully saturated rings. The predicted octanol–water partition coefficient (Wildman–Crippen LogP) is 3.74. The molecule has 1 saturated heterocycles. The standard InChI is InChI=1S/C17H33NO3Si/c1-15(16-11-7-5-8-12-16)18-14-10-6-9-13-17(18)22(19-2,20-3)21-4/h16-17H,1,5-14H2,2-4H3. The minimum Gasteiger partial charge on any atom is -0.376 e. The van der Waals surface area contributed by atoms with E-state index in [1.54, 1.807) is 21.3 Å². The summed E-state index contributed by atoms with van der Waals surface area (Å²) in [4.78, 5) is 2.49. The molecule has 5 heteroatoms. The van der Waals surface area contributed by atoms with Crippen molar-refractivity contribution in [2.24, 2.45) is 5.92 Å². The molecule has 1 aliphatic heterocycles. The molecule has 2 aliphatic rings. The molecule has 0 amide bonds. The molecule has 4 nitrogen and oxygen atoms in total. The van der Waals surface area contributed by atoms with E-state index < -0.39 is 8.80 Å². The van der Waals surface area contributed by atoms with Crippen LogP contribution in [0.3, 0.4) is 0 Å². The van der Waals surface area contributed by atoms with Crippen molar-refractivity contribution in [2.75, 3.05) is 27.9 Å². The minimum absolute atomic E-state index is 0.212. The zero-order valence-corrected chi connectivity index (χ0v) is 15.6. The van der Waals surface area contributed by atoms with E-state index in [1.807, 2.05) is 0 Å². The molecule has 0 radical (unpaired) electrons. The van der Waals surface area contributed by atoms with Crippen molar-refractivity contribution in [1.29, 1.82) is 0 Å². The van der Waals surface area contributed by atoms with E-state index in [4.69, 9.17) is 13.3 Å². The molecular formula is C17H33NO3Si. The van der Waals surface area contributed by atoms with Gasteiger partial charge in [0.2, 0.25) is 0 Å². The zero-order valence-electron chi connectivity index (χ0n) is 14.6. The highest BCUT2D eigenvalue weighted by Gasteiger charge is 2.51. The number of rotatable bonds is 6. The van der Waals surface area contributed by atoms with Gasteiger partial charge in [-0.3, -0.25) is 0 Å². The summed E-state index contributed by atoms with van der Waals surface area (Å²) in [6.07, 6.45) is 11.4. The lowest BCUT2D eigenvalue weighted by Gasteiger charge is -2.43. The first kappa shape index (κ1) is 18.0. The molecule has 0 spiro atoms. The van der Waals surface area contributed by atoms with Crippen LogP contribution in [0.4, 0.5) is 0 Å². The van der Waals surface area contributed by atoms with Crippen LogP contribution >= 0.6 is 0 Å². The maximum absolute atomic E-state index is 5.81. The lowest BCUT2D eigenvalue weighted by molar-refractivity contribution is 0.0791. The van der Waals surface area contributed by atoms with Crippen molar-refractivity contribution >= 4 is 8.80 Å². The Morgan fingerprint density at radius 3 is 2.00 bits per heavy atom. The maximum Gasteiger partial charge on any atom is 0.523 e. The highest BCUT2D eigenvalue weighted by atomic mass is 28.4. The first-order valence-corrected chi connectivity index (χ1v) is 10.6. The van der Waals surface area contributed by atoms with Crippen LogP contribution < -0.4 is 0 Å². The van der Waals surface area contributed by atoms with Crippen molar-refractivity contribution in [3.63, 3.8) is 0 Å². The number of likely N-dealkylation sites (tertiary alicyclic amines) is 1. The van der Waals surface area contributed by atoms with Crippen molar-refractivity contribution in [3.8, 4) is 0 Å².